The highest BCUT2D eigenvalue weighted by molar-refractivity contribution is 5.84. The number of aromatic nitrogens is 1. The monoisotopic (exact) mass is 370 g/mol. The Morgan fingerprint density at radius 1 is 1.22 bits per heavy atom. The summed E-state index contributed by atoms with van der Waals surface area (Å²) in [7, 11) is 1.63. The molecular weight excluding hydrogens is 344 g/mol. The molecule has 1 aromatic carbocycles. The van der Waals surface area contributed by atoms with E-state index in [4.69, 9.17) is 4.52 Å². The Hall–Kier alpha value is -2.67. The van der Waals surface area contributed by atoms with Gasteiger partial charge in [0, 0.05) is 38.8 Å². The van der Waals surface area contributed by atoms with Crippen molar-refractivity contribution in [3.63, 3.8) is 0 Å². The third kappa shape index (κ3) is 4.36. The molecule has 1 aromatic heterocycles. The summed E-state index contributed by atoms with van der Waals surface area (Å²) in [6.45, 7) is 5.97. The normalized spacial score (nSPS) is 17.7. The van der Waals surface area contributed by atoms with Crippen molar-refractivity contribution in [2.24, 2.45) is 0 Å². The smallest absolute Gasteiger partial charge is 0.238 e. The number of likely N-dealkylation sites (N-methyl/N-ethyl adjacent to an activating group) is 1. The summed E-state index contributed by atoms with van der Waals surface area (Å²) in [5.74, 6) is 0.602. The summed E-state index contributed by atoms with van der Waals surface area (Å²) in [6, 6.07) is 9.70. The third-order valence-electron chi connectivity index (χ3n) is 5.13. The topological polar surface area (TPSA) is 78.7 Å². The molecule has 0 spiro atoms. The van der Waals surface area contributed by atoms with Crippen LogP contribution in [0.4, 0.5) is 0 Å². The quantitative estimate of drug-likeness (QED) is 0.858. The Bertz CT molecular complexity index is 783. The number of rotatable bonds is 5. The minimum atomic E-state index is -0.363. The zero-order chi connectivity index (χ0) is 19.4. The van der Waals surface area contributed by atoms with Crippen LogP contribution in [0.3, 0.4) is 0 Å². The van der Waals surface area contributed by atoms with Gasteiger partial charge in [0.15, 0.2) is 0 Å². The van der Waals surface area contributed by atoms with Crippen molar-refractivity contribution < 1.29 is 14.1 Å². The number of piperazine rings is 1. The van der Waals surface area contributed by atoms with Gasteiger partial charge in [0.1, 0.15) is 11.8 Å². The van der Waals surface area contributed by atoms with Gasteiger partial charge < -0.3 is 14.7 Å². The molecule has 0 bridgehead atoms. The number of amides is 2. The molecule has 7 nitrogen and oxygen atoms in total. The van der Waals surface area contributed by atoms with E-state index in [-0.39, 0.29) is 24.3 Å². The van der Waals surface area contributed by atoms with Gasteiger partial charge in [0.05, 0.1) is 12.1 Å². The van der Waals surface area contributed by atoms with Crippen molar-refractivity contribution in [3.05, 3.63) is 52.9 Å². The van der Waals surface area contributed by atoms with Gasteiger partial charge in [0.25, 0.3) is 0 Å². The Balaban J connectivity index is 1.70. The summed E-state index contributed by atoms with van der Waals surface area (Å²) in [5, 5.41) is 6.64. The van der Waals surface area contributed by atoms with E-state index in [1.54, 1.807) is 11.9 Å². The third-order valence-corrected chi connectivity index (χ3v) is 5.13. The lowest BCUT2D eigenvalue weighted by Crippen LogP contribution is -2.59. The lowest BCUT2D eigenvalue weighted by atomic mass is 10.1. The molecule has 1 fully saturated rings. The molecule has 0 saturated carbocycles. The van der Waals surface area contributed by atoms with E-state index >= 15 is 0 Å². The molecule has 144 valence electrons. The molecule has 1 saturated heterocycles. The van der Waals surface area contributed by atoms with E-state index in [2.05, 4.69) is 27.5 Å². The average Bonchev–Trinajstić information content (AvgIpc) is 3.00. The molecule has 27 heavy (non-hydrogen) atoms. The number of hydrogen-bond acceptors (Lipinski definition) is 5. The summed E-state index contributed by atoms with van der Waals surface area (Å²) in [6.07, 6.45) is 0.250. The van der Waals surface area contributed by atoms with E-state index in [0.717, 1.165) is 16.8 Å². The zero-order valence-electron chi connectivity index (χ0n) is 16.1. The SMILES string of the molecule is CNC(=O)[C@@H]1CN(C(=O)Cc2c(C)noc2C)CCN1Cc1ccccc1. The highest BCUT2D eigenvalue weighted by Crippen LogP contribution is 2.18. The number of benzene rings is 1. The van der Waals surface area contributed by atoms with Crippen LogP contribution in [-0.2, 0) is 22.6 Å². The summed E-state index contributed by atoms with van der Waals surface area (Å²) in [5.41, 5.74) is 2.73. The van der Waals surface area contributed by atoms with Crippen LogP contribution < -0.4 is 5.32 Å². The van der Waals surface area contributed by atoms with Crippen LogP contribution in [0.15, 0.2) is 34.9 Å². The van der Waals surface area contributed by atoms with E-state index in [9.17, 15) is 9.59 Å². The molecule has 7 heteroatoms. The van der Waals surface area contributed by atoms with Crippen molar-refractivity contribution >= 4 is 11.8 Å². The molecule has 1 atom stereocenters. The number of hydrogen-bond donors (Lipinski definition) is 1. The van der Waals surface area contributed by atoms with Gasteiger partial charge in [-0.15, -0.1) is 0 Å². The second-order valence-corrected chi connectivity index (χ2v) is 6.91. The first-order valence-electron chi connectivity index (χ1n) is 9.18. The predicted molar refractivity (Wildman–Crippen MR) is 101 cm³/mol. The second kappa shape index (κ2) is 8.35. The zero-order valence-corrected chi connectivity index (χ0v) is 16.1. The van der Waals surface area contributed by atoms with Crippen LogP contribution in [0.25, 0.3) is 0 Å². The number of nitrogens with one attached hydrogen (secondary N) is 1. The van der Waals surface area contributed by atoms with Gasteiger partial charge >= 0.3 is 0 Å². The lowest BCUT2D eigenvalue weighted by Gasteiger charge is -2.40. The van der Waals surface area contributed by atoms with Gasteiger partial charge in [-0.25, -0.2) is 0 Å². The van der Waals surface area contributed by atoms with Crippen molar-refractivity contribution in [2.75, 3.05) is 26.7 Å². The molecule has 3 rings (SSSR count). The van der Waals surface area contributed by atoms with E-state index in [1.165, 1.54) is 0 Å². The summed E-state index contributed by atoms with van der Waals surface area (Å²) >= 11 is 0. The summed E-state index contributed by atoms with van der Waals surface area (Å²) < 4.78 is 5.15. The first kappa shape index (κ1) is 19.1. The maximum absolute atomic E-state index is 12.8. The van der Waals surface area contributed by atoms with Crippen molar-refractivity contribution in [1.29, 1.82) is 0 Å². The number of aryl methyl sites for hydroxylation is 2. The molecule has 0 unspecified atom stereocenters. The van der Waals surface area contributed by atoms with Crippen molar-refractivity contribution in [2.45, 2.75) is 32.9 Å². The highest BCUT2D eigenvalue weighted by atomic mass is 16.5. The largest absolute Gasteiger partial charge is 0.361 e. The molecule has 1 aliphatic rings. The maximum atomic E-state index is 12.8. The first-order valence-corrected chi connectivity index (χ1v) is 9.18. The minimum Gasteiger partial charge on any atom is -0.361 e. The minimum absolute atomic E-state index is 0.00216. The molecule has 2 aromatic rings. The number of carbonyl (C=O) groups is 2. The van der Waals surface area contributed by atoms with Crippen LogP contribution in [-0.4, -0.2) is 59.5 Å². The second-order valence-electron chi connectivity index (χ2n) is 6.91. The molecular formula is C20H26N4O3. The van der Waals surface area contributed by atoms with Crippen molar-refractivity contribution in [3.8, 4) is 0 Å². The Labute approximate surface area is 159 Å². The van der Waals surface area contributed by atoms with Crippen LogP contribution in [0.1, 0.15) is 22.6 Å². The van der Waals surface area contributed by atoms with Crippen LogP contribution >= 0.6 is 0 Å². The van der Waals surface area contributed by atoms with Gasteiger partial charge in [-0.2, -0.15) is 0 Å². The van der Waals surface area contributed by atoms with Crippen LogP contribution in [0, 0.1) is 13.8 Å². The molecule has 0 aliphatic carbocycles. The fraction of sp³-hybridized carbons (Fsp3) is 0.450. The molecule has 2 amide bonds. The predicted octanol–water partition coefficient (Wildman–Crippen LogP) is 1.29. The standard InChI is InChI=1S/C20H26N4O3/c1-14-17(15(2)27-22-14)11-19(25)24-10-9-23(18(13-24)20(26)21-3)12-16-7-5-4-6-8-16/h4-8,18H,9-13H2,1-3H3,(H,21,26)/t18-/m0/s1. The van der Waals surface area contributed by atoms with Gasteiger partial charge in [0.2, 0.25) is 11.8 Å². The average molecular weight is 370 g/mol. The molecule has 2 heterocycles. The van der Waals surface area contributed by atoms with Crippen molar-refractivity contribution in [1.82, 2.24) is 20.3 Å². The highest BCUT2D eigenvalue weighted by Gasteiger charge is 2.34. The molecule has 1 N–H and O–H groups in total. The Morgan fingerprint density at radius 3 is 2.59 bits per heavy atom. The van der Waals surface area contributed by atoms with E-state index < -0.39 is 0 Å². The molecule has 1 aliphatic heterocycles. The fourth-order valence-corrected chi connectivity index (χ4v) is 3.49. The van der Waals surface area contributed by atoms with E-state index in [1.807, 2.05) is 32.0 Å². The van der Waals surface area contributed by atoms with Crippen LogP contribution in [0.2, 0.25) is 0 Å². The Kier molecular flexibility index (Phi) is 5.91. The maximum Gasteiger partial charge on any atom is 0.238 e. The molecule has 0 radical (unpaired) electrons. The van der Waals surface area contributed by atoms with Gasteiger partial charge in [-0.05, 0) is 19.4 Å². The Morgan fingerprint density at radius 2 is 1.96 bits per heavy atom. The van der Waals surface area contributed by atoms with Crippen LogP contribution in [0.5, 0.6) is 0 Å². The number of carbonyl (C=O) groups excluding carboxylic acids is 2. The summed E-state index contributed by atoms with van der Waals surface area (Å²) in [4.78, 5) is 29.1. The fourth-order valence-electron chi connectivity index (χ4n) is 3.49. The first-order chi connectivity index (χ1) is 13.0. The lowest BCUT2D eigenvalue weighted by molar-refractivity contribution is -0.137. The van der Waals surface area contributed by atoms with Gasteiger partial charge in [-0.3, -0.25) is 14.5 Å². The van der Waals surface area contributed by atoms with Gasteiger partial charge in [-0.1, -0.05) is 35.5 Å². The van der Waals surface area contributed by atoms with E-state index in [0.29, 0.717) is 31.9 Å². The number of nitrogens with zero attached hydrogens (tertiary/aromatic N) is 3.